The average Bonchev–Trinajstić information content (AvgIpc) is 2.47. The number of rotatable bonds is 5. The smallest absolute Gasteiger partial charge is 0.263 e. The molecule has 0 saturated heterocycles. The minimum Gasteiger partial charge on any atom is -0.306 e. The molecule has 1 unspecified atom stereocenters. The fraction of sp³-hybridized carbons (Fsp3) is 0.333. The van der Waals surface area contributed by atoms with Crippen molar-refractivity contribution in [3.05, 3.63) is 70.3 Å². The van der Waals surface area contributed by atoms with Crippen molar-refractivity contribution >= 4 is 0 Å². The molecule has 0 aliphatic carbocycles. The van der Waals surface area contributed by atoms with E-state index in [1.165, 1.54) is 22.8 Å². The number of nitrogens with one attached hydrogen (secondary N) is 1. The van der Waals surface area contributed by atoms with E-state index in [1.807, 2.05) is 6.07 Å². The minimum atomic E-state index is -2.42. The largest absolute Gasteiger partial charge is 0.306 e. The van der Waals surface area contributed by atoms with Gasteiger partial charge in [0.05, 0.1) is 0 Å². The lowest BCUT2D eigenvalue weighted by Crippen LogP contribution is -2.19. The third kappa shape index (κ3) is 4.11. The quantitative estimate of drug-likeness (QED) is 0.808. The maximum atomic E-state index is 12.7. The molecule has 0 aliphatic heterocycles. The van der Waals surface area contributed by atoms with Crippen molar-refractivity contribution in [1.29, 1.82) is 0 Å². The Morgan fingerprint density at radius 3 is 2.52 bits per heavy atom. The molecule has 21 heavy (non-hydrogen) atoms. The highest BCUT2D eigenvalue weighted by Crippen LogP contribution is 2.21. The maximum absolute atomic E-state index is 12.7. The van der Waals surface area contributed by atoms with Crippen LogP contribution >= 0.6 is 0 Å². The predicted molar refractivity (Wildman–Crippen MR) is 82.6 cm³/mol. The van der Waals surface area contributed by atoms with Crippen LogP contribution in [0.2, 0.25) is 0 Å². The van der Waals surface area contributed by atoms with Gasteiger partial charge in [-0.2, -0.15) is 0 Å². The second kappa shape index (κ2) is 6.81. The lowest BCUT2D eigenvalue weighted by Gasteiger charge is -2.17. The van der Waals surface area contributed by atoms with Crippen molar-refractivity contribution in [2.45, 2.75) is 39.8 Å². The van der Waals surface area contributed by atoms with E-state index in [4.69, 9.17) is 0 Å². The van der Waals surface area contributed by atoms with Crippen LogP contribution in [-0.4, -0.2) is 0 Å². The van der Waals surface area contributed by atoms with Gasteiger partial charge in [-0.1, -0.05) is 42.0 Å². The standard InChI is InChI=1S/C18H21F2N/c1-12-7-8-13(2)17(9-12)14(3)21-11-15-5-4-6-16(10-15)18(19)20/h4-10,14,18,21H,11H2,1-3H3. The predicted octanol–water partition coefficient (Wildman–Crippen LogP) is 5.09. The summed E-state index contributed by atoms with van der Waals surface area (Å²) < 4.78 is 25.4. The van der Waals surface area contributed by atoms with Gasteiger partial charge in [0, 0.05) is 18.2 Å². The normalized spacial score (nSPS) is 12.7. The van der Waals surface area contributed by atoms with E-state index in [0.29, 0.717) is 6.54 Å². The van der Waals surface area contributed by atoms with Crippen LogP contribution in [0.5, 0.6) is 0 Å². The SMILES string of the molecule is Cc1ccc(C)c(C(C)NCc2cccc(C(F)F)c2)c1. The Balaban J connectivity index is 2.05. The molecule has 2 aromatic carbocycles. The average molecular weight is 289 g/mol. The molecule has 1 nitrogen and oxygen atoms in total. The molecule has 112 valence electrons. The summed E-state index contributed by atoms with van der Waals surface area (Å²) >= 11 is 0. The van der Waals surface area contributed by atoms with Gasteiger partial charge in [-0.15, -0.1) is 0 Å². The Morgan fingerprint density at radius 2 is 1.81 bits per heavy atom. The number of benzene rings is 2. The van der Waals surface area contributed by atoms with Crippen LogP contribution in [0.4, 0.5) is 8.78 Å². The lowest BCUT2D eigenvalue weighted by atomic mass is 10.00. The first-order valence-electron chi connectivity index (χ1n) is 7.15. The van der Waals surface area contributed by atoms with E-state index in [0.717, 1.165) is 5.56 Å². The second-order valence-corrected chi connectivity index (χ2v) is 5.51. The fourth-order valence-corrected chi connectivity index (χ4v) is 2.45. The molecule has 0 amide bonds. The van der Waals surface area contributed by atoms with Crippen LogP contribution in [0.3, 0.4) is 0 Å². The summed E-state index contributed by atoms with van der Waals surface area (Å²) in [6.45, 7) is 6.83. The van der Waals surface area contributed by atoms with Gasteiger partial charge in [-0.25, -0.2) is 8.78 Å². The van der Waals surface area contributed by atoms with Crippen molar-refractivity contribution in [3.8, 4) is 0 Å². The molecule has 2 rings (SSSR count). The summed E-state index contributed by atoms with van der Waals surface area (Å²) in [5.41, 5.74) is 4.67. The number of alkyl halides is 2. The van der Waals surface area contributed by atoms with E-state index in [2.05, 4.69) is 44.3 Å². The summed E-state index contributed by atoms with van der Waals surface area (Å²) in [6, 6.07) is 13.1. The molecule has 2 aromatic rings. The summed E-state index contributed by atoms with van der Waals surface area (Å²) in [5, 5.41) is 3.40. The fourth-order valence-electron chi connectivity index (χ4n) is 2.45. The first kappa shape index (κ1) is 15.6. The van der Waals surface area contributed by atoms with E-state index >= 15 is 0 Å². The highest BCUT2D eigenvalue weighted by Gasteiger charge is 2.10. The van der Waals surface area contributed by atoms with Gasteiger partial charge in [0.15, 0.2) is 0 Å². The number of hydrogen-bond donors (Lipinski definition) is 1. The summed E-state index contributed by atoms with van der Waals surface area (Å²) in [6.07, 6.45) is -2.42. The minimum absolute atomic E-state index is 0.0775. The van der Waals surface area contributed by atoms with Crippen LogP contribution in [-0.2, 0) is 6.54 Å². The molecule has 0 aromatic heterocycles. The van der Waals surface area contributed by atoms with Crippen molar-refractivity contribution in [3.63, 3.8) is 0 Å². The van der Waals surface area contributed by atoms with Crippen LogP contribution in [0.25, 0.3) is 0 Å². The van der Waals surface area contributed by atoms with Crippen LogP contribution in [0.15, 0.2) is 42.5 Å². The Hall–Kier alpha value is -1.74. The molecule has 0 aliphatic rings. The van der Waals surface area contributed by atoms with Gasteiger partial charge >= 0.3 is 0 Å². The first-order chi connectivity index (χ1) is 9.97. The van der Waals surface area contributed by atoms with Crippen molar-refractivity contribution in [2.75, 3.05) is 0 Å². The lowest BCUT2D eigenvalue weighted by molar-refractivity contribution is 0.151. The zero-order chi connectivity index (χ0) is 15.4. The van der Waals surface area contributed by atoms with Gasteiger partial charge in [-0.05, 0) is 43.5 Å². The summed E-state index contributed by atoms with van der Waals surface area (Å²) in [4.78, 5) is 0. The molecule has 1 N–H and O–H groups in total. The molecule has 0 fully saturated rings. The van der Waals surface area contributed by atoms with Crippen LogP contribution in [0.1, 0.15) is 47.2 Å². The van der Waals surface area contributed by atoms with Crippen LogP contribution in [0, 0.1) is 13.8 Å². The van der Waals surface area contributed by atoms with Gasteiger partial charge in [-0.3, -0.25) is 0 Å². The molecule has 1 atom stereocenters. The first-order valence-corrected chi connectivity index (χ1v) is 7.15. The van der Waals surface area contributed by atoms with Crippen molar-refractivity contribution in [1.82, 2.24) is 5.32 Å². The Kier molecular flexibility index (Phi) is 5.07. The van der Waals surface area contributed by atoms with Crippen LogP contribution < -0.4 is 5.32 Å². The third-order valence-corrected chi connectivity index (χ3v) is 3.72. The Bertz CT molecular complexity index is 608. The van der Waals surface area contributed by atoms with Gasteiger partial charge in [0.2, 0.25) is 0 Å². The second-order valence-electron chi connectivity index (χ2n) is 5.51. The topological polar surface area (TPSA) is 12.0 Å². The van der Waals surface area contributed by atoms with E-state index in [1.54, 1.807) is 12.1 Å². The van der Waals surface area contributed by atoms with Gasteiger partial charge in [0.1, 0.15) is 0 Å². The molecule has 0 bridgehead atoms. The molecule has 0 saturated carbocycles. The zero-order valence-corrected chi connectivity index (χ0v) is 12.7. The molecule has 0 heterocycles. The van der Waals surface area contributed by atoms with E-state index < -0.39 is 6.43 Å². The summed E-state index contributed by atoms with van der Waals surface area (Å²) in [5.74, 6) is 0. The highest BCUT2D eigenvalue weighted by molar-refractivity contribution is 5.33. The molecule has 0 radical (unpaired) electrons. The van der Waals surface area contributed by atoms with Gasteiger partial charge < -0.3 is 5.32 Å². The van der Waals surface area contributed by atoms with E-state index in [-0.39, 0.29) is 11.6 Å². The molecule has 3 heteroatoms. The highest BCUT2D eigenvalue weighted by atomic mass is 19.3. The van der Waals surface area contributed by atoms with Crippen molar-refractivity contribution in [2.24, 2.45) is 0 Å². The molecular weight excluding hydrogens is 268 g/mol. The van der Waals surface area contributed by atoms with Crippen molar-refractivity contribution < 1.29 is 8.78 Å². The molecular formula is C18H21F2N. The molecule has 0 spiro atoms. The number of aryl methyl sites for hydroxylation is 2. The van der Waals surface area contributed by atoms with E-state index in [9.17, 15) is 8.78 Å². The third-order valence-electron chi connectivity index (χ3n) is 3.72. The number of hydrogen-bond acceptors (Lipinski definition) is 1. The monoisotopic (exact) mass is 289 g/mol. The van der Waals surface area contributed by atoms with Gasteiger partial charge in [0.25, 0.3) is 6.43 Å². The maximum Gasteiger partial charge on any atom is 0.263 e. The summed E-state index contributed by atoms with van der Waals surface area (Å²) in [7, 11) is 0. The Morgan fingerprint density at radius 1 is 1.05 bits per heavy atom. The zero-order valence-electron chi connectivity index (χ0n) is 12.7. The Labute approximate surface area is 125 Å². The number of halogens is 2.